The summed E-state index contributed by atoms with van der Waals surface area (Å²) < 4.78 is 0. The lowest BCUT2D eigenvalue weighted by Gasteiger charge is -2.11. The molecule has 1 aromatic carbocycles. The highest BCUT2D eigenvalue weighted by molar-refractivity contribution is 6.30. The number of hydrogen-bond donors (Lipinski definition) is 2. The zero-order valence-electron chi connectivity index (χ0n) is 11.3. The zero-order chi connectivity index (χ0) is 15.1. The third-order valence-corrected chi connectivity index (χ3v) is 2.67. The van der Waals surface area contributed by atoms with Crippen LogP contribution in [-0.2, 0) is 9.59 Å². The van der Waals surface area contributed by atoms with Crippen molar-refractivity contribution in [1.29, 1.82) is 0 Å². The summed E-state index contributed by atoms with van der Waals surface area (Å²) in [5.41, 5.74) is 0.370. The summed E-state index contributed by atoms with van der Waals surface area (Å²) in [6.45, 7) is -0.301. The Kier molecular flexibility index (Phi) is 5.99. The third-order valence-electron chi connectivity index (χ3n) is 2.43. The van der Waals surface area contributed by atoms with E-state index in [1.165, 1.54) is 11.0 Å². The van der Waals surface area contributed by atoms with E-state index in [0.717, 1.165) is 0 Å². The van der Waals surface area contributed by atoms with Gasteiger partial charge in [-0.2, -0.15) is 0 Å². The summed E-state index contributed by atoms with van der Waals surface area (Å²) in [6, 6.07) is 6.39. The molecule has 108 valence electrons. The molecule has 6 nitrogen and oxygen atoms in total. The highest BCUT2D eigenvalue weighted by Gasteiger charge is 2.10. The molecule has 20 heavy (non-hydrogen) atoms. The van der Waals surface area contributed by atoms with Crippen LogP contribution in [0.4, 0.5) is 0 Å². The van der Waals surface area contributed by atoms with E-state index in [-0.39, 0.29) is 19.0 Å². The Balaban J connectivity index is 2.38. The second-order valence-electron chi connectivity index (χ2n) is 4.26. The van der Waals surface area contributed by atoms with Gasteiger partial charge in [0.2, 0.25) is 11.8 Å². The van der Waals surface area contributed by atoms with Gasteiger partial charge in [-0.25, -0.2) is 0 Å². The maximum absolute atomic E-state index is 11.7. The van der Waals surface area contributed by atoms with Gasteiger partial charge in [-0.15, -0.1) is 0 Å². The van der Waals surface area contributed by atoms with Crippen LogP contribution in [0.2, 0.25) is 5.02 Å². The summed E-state index contributed by atoms with van der Waals surface area (Å²) in [4.78, 5) is 35.8. The van der Waals surface area contributed by atoms with E-state index >= 15 is 0 Å². The van der Waals surface area contributed by atoms with E-state index in [2.05, 4.69) is 10.6 Å². The number of amides is 3. The van der Waals surface area contributed by atoms with Crippen LogP contribution in [0.25, 0.3) is 0 Å². The minimum Gasteiger partial charge on any atom is -0.347 e. The number of hydrogen-bond acceptors (Lipinski definition) is 3. The average Bonchev–Trinajstić information content (AvgIpc) is 2.41. The molecule has 0 radical (unpaired) electrons. The second kappa shape index (κ2) is 7.49. The quantitative estimate of drug-likeness (QED) is 0.819. The average molecular weight is 298 g/mol. The topological polar surface area (TPSA) is 78.5 Å². The minimum atomic E-state index is -0.435. The Morgan fingerprint density at radius 2 is 1.85 bits per heavy atom. The standard InChI is InChI=1S/C13H16ClN3O3/c1-17(2)12(19)8-15-11(18)7-16-13(20)9-4-3-5-10(14)6-9/h3-6H,7-8H2,1-2H3,(H,15,18)(H,16,20). The fourth-order valence-corrected chi connectivity index (χ4v) is 1.48. The molecule has 7 heteroatoms. The summed E-state index contributed by atoms with van der Waals surface area (Å²) in [5.74, 6) is -1.06. The van der Waals surface area contributed by atoms with Crippen LogP contribution in [0.1, 0.15) is 10.4 Å². The van der Waals surface area contributed by atoms with Gasteiger partial charge in [0.05, 0.1) is 13.1 Å². The summed E-state index contributed by atoms with van der Waals surface area (Å²) in [7, 11) is 3.19. The second-order valence-corrected chi connectivity index (χ2v) is 4.69. The number of benzene rings is 1. The molecule has 0 atom stereocenters. The zero-order valence-corrected chi connectivity index (χ0v) is 12.0. The van der Waals surface area contributed by atoms with E-state index in [1.807, 2.05) is 0 Å². The fraction of sp³-hybridized carbons (Fsp3) is 0.308. The van der Waals surface area contributed by atoms with Gasteiger partial charge < -0.3 is 15.5 Å². The van der Waals surface area contributed by atoms with Crippen LogP contribution in [0.5, 0.6) is 0 Å². The first-order chi connectivity index (χ1) is 9.40. The van der Waals surface area contributed by atoms with Crippen molar-refractivity contribution in [3.8, 4) is 0 Å². The molecule has 0 fully saturated rings. The van der Waals surface area contributed by atoms with Crippen molar-refractivity contribution < 1.29 is 14.4 Å². The predicted octanol–water partition coefficient (Wildman–Crippen LogP) is 0.274. The lowest BCUT2D eigenvalue weighted by Crippen LogP contribution is -2.41. The molecule has 0 aliphatic heterocycles. The van der Waals surface area contributed by atoms with Gasteiger partial charge in [0.1, 0.15) is 0 Å². The Morgan fingerprint density at radius 1 is 1.15 bits per heavy atom. The Labute approximate surface area is 122 Å². The van der Waals surface area contributed by atoms with E-state index in [4.69, 9.17) is 11.6 Å². The largest absolute Gasteiger partial charge is 0.347 e. The van der Waals surface area contributed by atoms with Crippen molar-refractivity contribution in [3.63, 3.8) is 0 Å². The van der Waals surface area contributed by atoms with E-state index in [9.17, 15) is 14.4 Å². The van der Waals surface area contributed by atoms with Gasteiger partial charge in [0.25, 0.3) is 5.91 Å². The predicted molar refractivity (Wildman–Crippen MR) is 75.5 cm³/mol. The molecule has 0 bridgehead atoms. The number of nitrogens with one attached hydrogen (secondary N) is 2. The van der Waals surface area contributed by atoms with Crippen LogP contribution in [0.3, 0.4) is 0 Å². The van der Waals surface area contributed by atoms with Gasteiger partial charge in [-0.3, -0.25) is 14.4 Å². The first kappa shape index (κ1) is 16.0. The van der Waals surface area contributed by atoms with Crippen molar-refractivity contribution in [3.05, 3.63) is 34.9 Å². The van der Waals surface area contributed by atoms with Crippen molar-refractivity contribution in [2.45, 2.75) is 0 Å². The van der Waals surface area contributed by atoms with Crippen molar-refractivity contribution in [2.24, 2.45) is 0 Å². The Morgan fingerprint density at radius 3 is 2.45 bits per heavy atom. The first-order valence-corrected chi connectivity index (χ1v) is 6.28. The Hall–Kier alpha value is -2.08. The van der Waals surface area contributed by atoms with Crippen LogP contribution in [-0.4, -0.2) is 49.8 Å². The van der Waals surface area contributed by atoms with Crippen LogP contribution in [0.15, 0.2) is 24.3 Å². The molecule has 1 rings (SSSR count). The minimum absolute atomic E-state index is 0.0983. The molecule has 0 saturated heterocycles. The molecular formula is C13H16ClN3O3. The molecule has 0 spiro atoms. The first-order valence-electron chi connectivity index (χ1n) is 5.90. The molecule has 2 N–H and O–H groups in total. The molecule has 0 heterocycles. The van der Waals surface area contributed by atoms with E-state index in [0.29, 0.717) is 10.6 Å². The molecule has 0 saturated carbocycles. The van der Waals surface area contributed by atoms with Gasteiger partial charge in [-0.1, -0.05) is 17.7 Å². The summed E-state index contributed by atoms with van der Waals surface area (Å²) in [5, 5.41) is 5.30. The van der Waals surface area contributed by atoms with Crippen molar-refractivity contribution >= 4 is 29.3 Å². The molecular weight excluding hydrogens is 282 g/mol. The van der Waals surface area contributed by atoms with Crippen LogP contribution in [0, 0.1) is 0 Å². The van der Waals surface area contributed by atoms with Gasteiger partial charge in [-0.05, 0) is 18.2 Å². The number of carbonyl (C=O) groups is 3. The molecule has 1 aromatic rings. The molecule has 0 aromatic heterocycles. The highest BCUT2D eigenvalue weighted by atomic mass is 35.5. The SMILES string of the molecule is CN(C)C(=O)CNC(=O)CNC(=O)c1cccc(Cl)c1. The van der Waals surface area contributed by atoms with Crippen LogP contribution < -0.4 is 10.6 Å². The molecule has 0 aliphatic carbocycles. The van der Waals surface area contributed by atoms with Gasteiger partial charge in [0.15, 0.2) is 0 Å². The number of carbonyl (C=O) groups excluding carboxylic acids is 3. The van der Waals surface area contributed by atoms with Gasteiger partial charge >= 0.3 is 0 Å². The monoisotopic (exact) mass is 297 g/mol. The highest BCUT2D eigenvalue weighted by Crippen LogP contribution is 2.10. The molecule has 3 amide bonds. The van der Waals surface area contributed by atoms with Crippen LogP contribution >= 0.6 is 11.6 Å². The lowest BCUT2D eigenvalue weighted by molar-refractivity contribution is -0.130. The smallest absolute Gasteiger partial charge is 0.251 e. The number of likely N-dealkylation sites (N-methyl/N-ethyl adjacent to an activating group) is 1. The van der Waals surface area contributed by atoms with E-state index in [1.54, 1.807) is 32.3 Å². The molecule has 0 unspecified atom stereocenters. The van der Waals surface area contributed by atoms with Gasteiger partial charge in [0, 0.05) is 24.7 Å². The maximum Gasteiger partial charge on any atom is 0.251 e. The third kappa shape index (κ3) is 5.27. The van der Waals surface area contributed by atoms with E-state index < -0.39 is 11.8 Å². The van der Waals surface area contributed by atoms with Crippen molar-refractivity contribution in [1.82, 2.24) is 15.5 Å². The Bertz CT molecular complexity index is 517. The summed E-state index contributed by atoms with van der Waals surface area (Å²) in [6.07, 6.45) is 0. The molecule has 0 aliphatic rings. The normalized spacial score (nSPS) is 9.75. The van der Waals surface area contributed by atoms with Crippen molar-refractivity contribution in [2.75, 3.05) is 27.2 Å². The number of halogens is 1. The number of nitrogens with zero attached hydrogens (tertiary/aromatic N) is 1. The maximum atomic E-state index is 11.7. The fourth-order valence-electron chi connectivity index (χ4n) is 1.29. The lowest BCUT2D eigenvalue weighted by atomic mass is 10.2. The number of rotatable bonds is 5. The summed E-state index contributed by atoms with van der Waals surface area (Å²) >= 11 is 5.76.